The molecule has 0 aliphatic rings. The van der Waals surface area contributed by atoms with E-state index in [1.807, 2.05) is 0 Å². The molecule has 0 radical (unpaired) electrons. The summed E-state index contributed by atoms with van der Waals surface area (Å²) in [7, 11) is 0. The Kier molecular flexibility index (Phi) is 9.44. The lowest BCUT2D eigenvalue weighted by Gasteiger charge is -2.02. The summed E-state index contributed by atoms with van der Waals surface area (Å²) in [5, 5.41) is 2.91. The highest BCUT2D eigenvalue weighted by molar-refractivity contribution is 14.1. The molecule has 0 unspecified atom stereocenters. The molecule has 0 heterocycles. The number of amides is 1. The van der Waals surface area contributed by atoms with E-state index in [0.29, 0.717) is 6.42 Å². The van der Waals surface area contributed by atoms with Gasteiger partial charge in [-0.05, 0) is 23.7 Å². The number of unbranched alkanes of at least 4 members (excludes halogenated alkanes) is 2. The van der Waals surface area contributed by atoms with Crippen molar-refractivity contribution in [1.29, 1.82) is 0 Å². The number of hydrogen-bond donors (Lipinski definition) is 1. The molecule has 0 aromatic rings. The highest BCUT2D eigenvalue weighted by Crippen LogP contribution is 1.95. The minimum absolute atomic E-state index is 0.213. The average molecular weight is 283 g/mol. The van der Waals surface area contributed by atoms with Gasteiger partial charge in [0.05, 0.1) is 0 Å². The molecular formula is C9H18INO. The molecule has 0 spiro atoms. The van der Waals surface area contributed by atoms with Gasteiger partial charge in [-0.25, -0.2) is 0 Å². The molecule has 0 aromatic carbocycles. The molecule has 0 saturated carbocycles. The van der Waals surface area contributed by atoms with Crippen molar-refractivity contribution in [2.24, 2.45) is 0 Å². The van der Waals surface area contributed by atoms with Gasteiger partial charge in [-0.2, -0.15) is 0 Å². The summed E-state index contributed by atoms with van der Waals surface area (Å²) in [5.41, 5.74) is 0. The summed E-state index contributed by atoms with van der Waals surface area (Å²) in [6.45, 7) is 2.95. The van der Waals surface area contributed by atoms with Gasteiger partial charge >= 0.3 is 0 Å². The second-order valence-corrected chi connectivity index (χ2v) is 3.93. The van der Waals surface area contributed by atoms with E-state index in [2.05, 4.69) is 34.8 Å². The molecule has 0 aliphatic carbocycles. The SMILES string of the molecule is CCCCC(=O)NCCCCI. The molecule has 0 fully saturated rings. The van der Waals surface area contributed by atoms with Crippen LogP contribution in [0.5, 0.6) is 0 Å². The van der Waals surface area contributed by atoms with Gasteiger partial charge < -0.3 is 5.32 Å². The van der Waals surface area contributed by atoms with E-state index in [1.165, 1.54) is 10.8 Å². The highest BCUT2D eigenvalue weighted by Gasteiger charge is 1.97. The number of carbonyl (C=O) groups is 1. The standard InChI is InChI=1S/C9H18INO/c1-2-3-6-9(12)11-8-5-4-7-10/h2-8H2,1H3,(H,11,12). The number of hydrogen-bond acceptors (Lipinski definition) is 1. The fourth-order valence-corrected chi connectivity index (χ4v) is 1.41. The van der Waals surface area contributed by atoms with Crippen molar-refractivity contribution >= 4 is 28.5 Å². The Hall–Kier alpha value is 0.200. The van der Waals surface area contributed by atoms with Gasteiger partial charge in [0.2, 0.25) is 5.91 Å². The second kappa shape index (κ2) is 9.29. The maximum Gasteiger partial charge on any atom is 0.219 e. The Bertz CT molecular complexity index is 117. The van der Waals surface area contributed by atoms with Crippen molar-refractivity contribution in [3.8, 4) is 0 Å². The minimum Gasteiger partial charge on any atom is -0.356 e. The first-order valence-corrected chi connectivity index (χ1v) is 6.16. The molecule has 72 valence electrons. The van der Waals surface area contributed by atoms with Crippen LogP contribution in [-0.2, 0) is 4.79 Å². The van der Waals surface area contributed by atoms with Crippen molar-refractivity contribution in [1.82, 2.24) is 5.32 Å². The third kappa shape index (κ3) is 8.30. The summed E-state index contributed by atoms with van der Waals surface area (Å²) >= 11 is 2.35. The van der Waals surface area contributed by atoms with E-state index >= 15 is 0 Å². The number of halogens is 1. The van der Waals surface area contributed by atoms with E-state index < -0.39 is 0 Å². The maximum absolute atomic E-state index is 11.1. The normalized spacial score (nSPS) is 9.83. The van der Waals surface area contributed by atoms with Crippen molar-refractivity contribution < 1.29 is 4.79 Å². The van der Waals surface area contributed by atoms with E-state index in [0.717, 1.165) is 25.8 Å². The van der Waals surface area contributed by atoms with Crippen LogP contribution in [-0.4, -0.2) is 16.9 Å². The lowest BCUT2D eigenvalue weighted by Crippen LogP contribution is -2.23. The Morgan fingerprint density at radius 2 is 2.08 bits per heavy atom. The smallest absolute Gasteiger partial charge is 0.219 e. The molecule has 0 rings (SSSR count). The van der Waals surface area contributed by atoms with Crippen molar-refractivity contribution in [2.75, 3.05) is 11.0 Å². The lowest BCUT2D eigenvalue weighted by atomic mass is 10.2. The summed E-state index contributed by atoms with van der Waals surface area (Å²) in [4.78, 5) is 11.1. The molecule has 0 atom stereocenters. The molecule has 1 N–H and O–H groups in total. The summed E-state index contributed by atoms with van der Waals surface area (Å²) in [6.07, 6.45) is 5.12. The average Bonchev–Trinajstić information content (AvgIpc) is 2.09. The molecule has 12 heavy (non-hydrogen) atoms. The molecule has 0 saturated heterocycles. The third-order valence-electron chi connectivity index (χ3n) is 1.64. The quantitative estimate of drug-likeness (QED) is 0.434. The van der Waals surface area contributed by atoms with Gasteiger partial charge in [0.25, 0.3) is 0 Å². The molecule has 1 amide bonds. The van der Waals surface area contributed by atoms with Crippen LogP contribution in [0.3, 0.4) is 0 Å². The van der Waals surface area contributed by atoms with Gasteiger partial charge in [-0.3, -0.25) is 4.79 Å². The molecule has 0 bridgehead atoms. The maximum atomic E-state index is 11.1. The van der Waals surface area contributed by atoms with Gasteiger partial charge in [-0.1, -0.05) is 35.9 Å². The number of carbonyl (C=O) groups excluding carboxylic acids is 1. The number of alkyl halides is 1. The third-order valence-corrected chi connectivity index (χ3v) is 2.40. The Morgan fingerprint density at radius 3 is 2.67 bits per heavy atom. The molecular weight excluding hydrogens is 265 g/mol. The van der Waals surface area contributed by atoms with E-state index in [1.54, 1.807) is 0 Å². The molecule has 3 heteroatoms. The van der Waals surface area contributed by atoms with Gasteiger partial charge in [0.1, 0.15) is 0 Å². The van der Waals surface area contributed by atoms with Crippen LogP contribution in [0, 0.1) is 0 Å². The fourth-order valence-electron chi connectivity index (χ4n) is 0.873. The lowest BCUT2D eigenvalue weighted by molar-refractivity contribution is -0.121. The van der Waals surface area contributed by atoms with E-state index in [-0.39, 0.29) is 5.91 Å². The Labute approximate surface area is 88.6 Å². The minimum atomic E-state index is 0.213. The van der Waals surface area contributed by atoms with Crippen LogP contribution in [0.2, 0.25) is 0 Å². The molecule has 0 aromatic heterocycles. The van der Waals surface area contributed by atoms with Crippen LogP contribution < -0.4 is 5.32 Å². The van der Waals surface area contributed by atoms with Crippen LogP contribution in [0.4, 0.5) is 0 Å². The summed E-state index contributed by atoms with van der Waals surface area (Å²) in [5.74, 6) is 0.213. The van der Waals surface area contributed by atoms with E-state index in [9.17, 15) is 4.79 Å². The molecule has 0 aliphatic heterocycles. The predicted octanol–water partition coefficient (Wildman–Crippen LogP) is 2.51. The Morgan fingerprint density at radius 1 is 1.33 bits per heavy atom. The zero-order valence-corrected chi connectivity index (χ0v) is 9.89. The van der Waals surface area contributed by atoms with Gasteiger partial charge in [0.15, 0.2) is 0 Å². The Balaban J connectivity index is 3.08. The fraction of sp³-hybridized carbons (Fsp3) is 0.889. The number of rotatable bonds is 7. The van der Waals surface area contributed by atoms with Crippen LogP contribution in [0.1, 0.15) is 39.0 Å². The van der Waals surface area contributed by atoms with Gasteiger partial charge in [0, 0.05) is 13.0 Å². The largest absolute Gasteiger partial charge is 0.356 e. The topological polar surface area (TPSA) is 29.1 Å². The van der Waals surface area contributed by atoms with Crippen molar-refractivity contribution in [2.45, 2.75) is 39.0 Å². The highest BCUT2D eigenvalue weighted by atomic mass is 127. The van der Waals surface area contributed by atoms with Crippen LogP contribution >= 0.6 is 22.6 Å². The zero-order valence-electron chi connectivity index (χ0n) is 7.74. The summed E-state index contributed by atoms with van der Waals surface area (Å²) < 4.78 is 1.18. The van der Waals surface area contributed by atoms with Crippen molar-refractivity contribution in [3.05, 3.63) is 0 Å². The second-order valence-electron chi connectivity index (χ2n) is 2.85. The van der Waals surface area contributed by atoms with Crippen LogP contribution in [0.15, 0.2) is 0 Å². The van der Waals surface area contributed by atoms with Crippen LogP contribution in [0.25, 0.3) is 0 Å². The first-order valence-electron chi connectivity index (χ1n) is 4.64. The first kappa shape index (κ1) is 12.2. The molecule has 2 nitrogen and oxygen atoms in total. The van der Waals surface area contributed by atoms with E-state index in [4.69, 9.17) is 0 Å². The summed E-state index contributed by atoms with van der Waals surface area (Å²) in [6, 6.07) is 0. The monoisotopic (exact) mass is 283 g/mol. The predicted molar refractivity (Wildman–Crippen MR) is 60.7 cm³/mol. The van der Waals surface area contributed by atoms with Crippen molar-refractivity contribution in [3.63, 3.8) is 0 Å². The zero-order chi connectivity index (χ0) is 9.23. The number of nitrogens with one attached hydrogen (secondary N) is 1. The first-order chi connectivity index (χ1) is 5.81. The van der Waals surface area contributed by atoms with Gasteiger partial charge in [-0.15, -0.1) is 0 Å².